The largest absolute Gasteiger partial charge is 0.355 e. The van der Waals surface area contributed by atoms with Crippen LogP contribution in [0.5, 0.6) is 0 Å². The van der Waals surface area contributed by atoms with Gasteiger partial charge in [0.1, 0.15) is 4.21 Å². The summed E-state index contributed by atoms with van der Waals surface area (Å²) in [5, 5.41) is 6.55. The highest BCUT2D eigenvalue weighted by molar-refractivity contribution is 14.0. The molecule has 25 heavy (non-hydrogen) atoms. The van der Waals surface area contributed by atoms with Crippen molar-refractivity contribution in [3.63, 3.8) is 0 Å². The summed E-state index contributed by atoms with van der Waals surface area (Å²) in [6, 6.07) is 3.53. The quantitative estimate of drug-likeness (QED) is 0.233. The highest BCUT2D eigenvalue weighted by Crippen LogP contribution is 2.25. The summed E-state index contributed by atoms with van der Waals surface area (Å²) >= 11 is 6.83. The summed E-state index contributed by atoms with van der Waals surface area (Å²) in [4.78, 5) is 4.20. The average Bonchev–Trinajstić information content (AvgIpc) is 2.99. The lowest BCUT2D eigenvalue weighted by Gasteiger charge is -2.28. The second kappa shape index (κ2) is 10.9. The molecule has 1 aromatic heterocycles. The number of thiophene rings is 1. The van der Waals surface area contributed by atoms with Gasteiger partial charge in [-0.15, -0.1) is 35.3 Å². The number of halogens is 2. The molecule has 2 rings (SSSR count). The molecule has 1 aliphatic carbocycles. The molecule has 0 spiro atoms. The molecule has 0 saturated heterocycles. The number of guanidine groups is 1. The van der Waals surface area contributed by atoms with E-state index in [9.17, 15) is 8.42 Å². The fraction of sp³-hybridized carbons (Fsp3) is 0.667. The summed E-state index contributed by atoms with van der Waals surface area (Å²) in [6.07, 6.45) is 4.76. The van der Waals surface area contributed by atoms with Crippen LogP contribution in [-0.2, 0) is 10.0 Å². The maximum absolute atomic E-state index is 12.1. The van der Waals surface area contributed by atoms with Crippen molar-refractivity contribution >= 4 is 62.9 Å². The van der Waals surface area contributed by atoms with Crippen LogP contribution in [0.4, 0.5) is 0 Å². The predicted octanol–water partition coefficient (Wildman–Crippen LogP) is 3.04. The van der Waals surface area contributed by atoms with Crippen LogP contribution in [-0.4, -0.2) is 40.6 Å². The second-order valence-corrected chi connectivity index (χ2v) is 9.77. The van der Waals surface area contributed by atoms with Gasteiger partial charge >= 0.3 is 0 Å². The van der Waals surface area contributed by atoms with Gasteiger partial charge in [0.05, 0.1) is 4.34 Å². The van der Waals surface area contributed by atoms with Crippen molar-refractivity contribution in [1.29, 1.82) is 0 Å². The fourth-order valence-electron chi connectivity index (χ4n) is 2.67. The van der Waals surface area contributed by atoms with Crippen molar-refractivity contribution in [3.05, 3.63) is 16.5 Å². The molecule has 10 heteroatoms. The van der Waals surface area contributed by atoms with Gasteiger partial charge in [-0.1, -0.05) is 18.5 Å². The van der Waals surface area contributed by atoms with E-state index in [1.807, 2.05) is 0 Å². The molecule has 0 aliphatic heterocycles. The number of hydrogen-bond donors (Lipinski definition) is 3. The van der Waals surface area contributed by atoms with Crippen molar-refractivity contribution in [2.75, 3.05) is 20.1 Å². The average molecular weight is 521 g/mol. The molecular weight excluding hydrogens is 495 g/mol. The molecule has 0 unspecified atom stereocenters. The monoisotopic (exact) mass is 520 g/mol. The maximum Gasteiger partial charge on any atom is 0.250 e. The van der Waals surface area contributed by atoms with Crippen molar-refractivity contribution in [3.8, 4) is 0 Å². The van der Waals surface area contributed by atoms with E-state index < -0.39 is 10.0 Å². The van der Waals surface area contributed by atoms with Crippen molar-refractivity contribution in [1.82, 2.24) is 15.4 Å². The number of aliphatic imine (C=N–C) groups is 1. The van der Waals surface area contributed by atoms with Gasteiger partial charge in [-0.3, -0.25) is 4.99 Å². The van der Waals surface area contributed by atoms with Crippen LogP contribution in [0.3, 0.4) is 0 Å². The van der Waals surface area contributed by atoms with Crippen molar-refractivity contribution in [2.45, 2.75) is 42.9 Å². The van der Waals surface area contributed by atoms with Crippen LogP contribution in [0.15, 0.2) is 21.3 Å². The molecule has 1 aromatic rings. The van der Waals surface area contributed by atoms with E-state index in [-0.39, 0.29) is 34.7 Å². The Labute approximate surface area is 176 Å². The summed E-state index contributed by atoms with van der Waals surface area (Å²) in [6.45, 7) is 3.03. The summed E-state index contributed by atoms with van der Waals surface area (Å²) in [5.74, 6) is 1.52. The molecule has 6 nitrogen and oxygen atoms in total. The number of hydrogen-bond acceptors (Lipinski definition) is 4. The van der Waals surface area contributed by atoms with Crippen LogP contribution in [0.1, 0.15) is 32.6 Å². The molecule has 3 N–H and O–H groups in total. The summed E-state index contributed by atoms with van der Waals surface area (Å²) in [5.41, 5.74) is 0. The topological polar surface area (TPSA) is 82.6 Å². The first-order valence-electron chi connectivity index (χ1n) is 8.13. The smallest absolute Gasteiger partial charge is 0.250 e. The first-order chi connectivity index (χ1) is 11.4. The minimum absolute atomic E-state index is 0. The lowest BCUT2D eigenvalue weighted by Crippen LogP contribution is -2.46. The van der Waals surface area contributed by atoms with Gasteiger partial charge in [-0.25, -0.2) is 13.1 Å². The zero-order valence-corrected chi connectivity index (χ0v) is 19.1. The van der Waals surface area contributed by atoms with Gasteiger partial charge in [0.15, 0.2) is 5.96 Å². The van der Waals surface area contributed by atoms with Gasteiger partial charge in [-0.05, 0) is 43.7 Å². The molecule has 1 fully saturated rings. The molecule has 0 amide bonds. The van der Waals surface area contributed by atoms with Gasteiger partial charge in [0, 0.05) is 26.2 Å². The number of nitrogens with one attached hydrogen (secondary N) is 3. The van der Waals surface area contributed by atoms with Crippen LogP contribution in [0.2, 0.25) is 4.34 Å². The highest BCUT2D eigenvalue weighted by Gasteiger charge is 2.19. The minimum Gasteiger partial charge on any atom is -0.355 e. The molecular formula is C15H26ClIN4O2S2. The van der Waals surface area contributed by atoms with E-state index in [1.165, 1.54) is 18.9 Å². The fourth-order valence-corrected chi connectivity index (χ4v) is 5.23. The zero-order valence-electron chi connectivity index (χ0n) is 14.4. The Kier molecular flexibility index (Phi) is 10.0. The highest BCUT2D eigenvalue weighted by atomic mass is 127. The number of sulfonamides is 1. The molecule has 1 heterocycles. The number of nitrogens with zero attached hydrogens (tertiary/aromatic N) is 1. The minimum atomic E-state index is -3.49. The molecule has 0 radical (unpaired) electrons. The molecule has 144 valence electrons. The summed E-state index contributed by atoms with van der Waals surface area (Å²) < 4.78 is 27.4. The van der Waals surface area contributed by atoms with Crippen LogP contribution < -0.4 is 15.4 Å². The SMILES string of the molecule is CN=C(NCCNS(=O)(=O)c1ccc(Cl)s1)NC1CCC(C)CC1.I. The van der Waals surface area contributed by atoms with E-state index in [4.69, 9.17) is 11.6 Å². The Morgan fingerprint density at radius 1 is 1.28 bits per heavy atom. The third kappa shape index (κ3) is 7.58. The first kappa shape index (κ1) is 22.9. The Balaban J connectivity index is 0.00000312. The standard InChI is InChI=1S/C15H25ClN4O2S2.HI/c1-11-3-5-12(6-4-11)20-15(17-2)18-9-10-19-24(21,22)14-8-7-13(16)23-14;/h7-8,11-12,19H,3-6,9-10H2,1-2H3,(H2,17,18,20);1H. The van der Waals surface area contributed by atoms with Gasteiger partial charge in [-0.2, -0.15) is 0 Å². The van der Waals surface area contributed by atoms with E-state index >= 15 is 0 Å². The number of rotatable bonds is 6. The van der Waals surface area contributed by atoms with Crippen LogP contribution in [0, 0.1) is 5.92 Å². The Hall–Kier alpha value is -0.100. The predicted molar refractivity (Wildman–Crippen MR) is 116 cm³/mol. The Morgan fingerprint density at radius 2 is 1.96 bits per heavy atom. The molecule has 1 saturated carbocycles. The normalized spacial score (nSPS) is 21.5. The summed E-state index contributed by atoms with van der Waals surface area (Å²) in [7, 11) is -1.77. The Morgan fingerprint density at radius 3 is 2.52 bits per heavy atom. The lowest BCUT2D eigenvalue weighted by atomic mass is 9.87. The molecule has 0 aromatic carbocycles. The first-order valence-corrected chi connectivity index (χ1v) is 10.8. The van der Waals surface area contributed by atoms with Crippen molar-refractivity contribution < 1.29 is 8.42 Å². The van der Waals surface area contributed by atoms with Gasteiger partial charge in [0.2, 0.25) is 10.0 Å². The molecule has 0 atom stereocenters. The van der Waals surface area contributed by atoms with E-state index in [0.717, 1.165) is 30.1 Å². The van der Waals surface area contributed by atoms with Crippen LogP contribution in [0.25, 0.3) is 0 Å². The lowest BCUT2D eigenvalue weighted by molar-refractivity contribution is 0.329. The molecule has 1 aliphatic rings. The Bertz CT molecular complexity index is 658. The van der Waals surface area contributed by atoms with E-state index in [2.05, 4.69) is 27.3 Å². The van der Waals surface area contributed by atoms with E-state index in [0.29, 0.717) is 22.9 Å². The van der Waals surface area contributed by atoms with Crippen LogP contribution >= 0.6 is 46.9 Å². The van der Waals surface area contributed by atoms with Crippen molar-refractivity contribution in [2.24, 2.45) is 10.9 Å². The second-order valence-electron chi connectivity index (χ2n) is 6.06. The molecule has 0 bridgehead atoms. The zero-order chi connectivity index (χ0) is 17.6. The maximum atomic E-state index is 12.1. The van der Waals surface area contributed by atoms with Gasteiger partial charge < -0.3 is 10.6 Å². The third-order valence-electron chi connectivity index (χ3n) is 4.10. The third-order valence-corrected chi connectivity index (χ3v) is 7.29. The van der Waals surface area contributed by atoms with Gasteiger partial charge in [0.25, 0.3) is 0 Å². The van der Waals surface area contributed by atoms with E-state index in [1.54, 1.807) is 13.1 Å².